The number of nitrogens with zero attached hydrogens (tertiary/aromatic N) is 2. The molecule has 3 rings (SSSR count). The summed E-state index contributed by atoms with van der Waals surface area (Å²) in [6.07, 6.45) is 0.857. The smallest absolute Gasteiger partial charge is 0.270 e. The Morgan fingerprint density at radius 1 is 1.15 bits per heavy atom. The summed E-state index contributed by atoms with van der Waals surface area (Å²) >= 11 is 6.38. The molecule has 2 aromatic carbocycles. The Morgan fingerprint density at radius 3 is 2.56 bits per heavy atom. The van der Waals surface area contributed by atoms with Gasteiger partial charge in [-0.2, -0.15) is 5.10 Å². The van der Waals surface area contributed by atoms with Crippen molar-refractivity contribution in [2.24, 2.45) is 0 Å². The van der Waals surface area contributed by atoms with Crippen LogP contribution in [-0.2, 0) is 0 Å². The third-order valence-electron chi connectivity index (χ3n) is 4.82. The molecule has 0 radical (unpaired) electrons. The van der Waals surface area contributed by atoms with Crippen LogP contribution in [-0.4, -0.2) is 21.7 Å². The minimum absolute atomic E-state index is 0.0807. The van der Waals surface area contributed by atoms with Gasteiger partial charge in [0.2, 0.25) is 0 Å². The van der Waals surface area contributed by atoms with Gasteiger partial charge in [-0.3, -0.25) is 4.79 Å². The van der Waals surface area contributed by atoms with Gasteiger partial charge in [0.15, 0.2) is 0 Å². The molecule has 1 heterocycles. The number of aromatic nitrogens is 2. The highest BCUT2D eigenvalue weighted by Crippen LogP contribution is 2.27. The lowest BCUT2D eigenvalue weighted by atomic mass is 10.0. The van der Waals surface area contributed by atoms with Crippen molar-refractivity contribution in [1.29, 1.82) is 0 Å². The summed E-state index contributed by atoms with van der Waals surface area (Å²) in [6.45, 7) is 8.17. The van der Waals surface area contributed by atoms with Gasteiger partial charge in [0, 0.05) is 11.6 Å². The van der Waals surface area contributed by atoms with E-state index in [9.17, 15) is 4.79 Å². The van der Waals surface area contributed by atoms with Gasteiger partial charge in [-0.25, -0.2) is 4.68 Å². The first-order chi connectivity index (χ1) is 12.9. The van der Waals surface area contributed by atoms with Crippen LogP contribution in [0.4, 0.5) is 0 Å². The highest BCUT2D eigenvalue weighted by atomic mass is 35.5. The average molecular weight is 382 g/mol. The highest BCUT2D eigenvalue weighted by Gasteiger charge is 2.20. The molecule has 0 spiro atoms. The van der Waals surface area contributed by atoms with E-state index in [1.54, 1.807) is 10.7 Å². The molecule has 27 heavy (non-hydrogen) atoms. The number of halogens is 1. The van der Waals surface area contributed by atoms with Crippen LogP contribution in [0.5, 0.6) is 0 Å². The summed E-state index contributed by atoms with van der Waals surface area (Å²) in [6, 6.07) is 15.5. The van der Waals surface area contributed by atoms with Gasteiger partial charge in [0.1, 0.15) is 5.69 Å². The Kier molecular flexibility index (Phi) is 5.66. The van der Waals surface area contributed by atoms with Gasteiger partial charge in [-0.1, -0.05) is 42.8 Å². The molecule has 5 heteroatoms. The first-order valence-electron chi connectivity index (χ1n) is 9.14. The fourth-order valence-corrected chi connectivity index (χ4v) is 3.01. The van der Waals surface area contributed by atoms with Crippen molar-refractivity contribution in [2.45, 2.75) is 40.2 Å². The topological polar surface area (TPSA) is 46.9 Å². The molecule has 4 nitrogen and oxygen atoms in total. The second kappa shape index (κ2) is 7.97. The largest absolute Gasteiger partial charge is 0.348 e. The first-order valence-corrected chi connectivity index (χ1v) is 9.52. The second-order valence-corrected chi connectivity index (χ2v) is 7.27. The first kappa shape index (κ1) is 19.2. The fourth-order valence-electron chi connectivity index (χ4n) is 2.79. The number of carbonyl (C=O) groups excluding carboxylic acids is 1. The molecule has 1 atom stereocenters. The predicted molar refractivity (Wildman–Crippen MR) is 111 cm³/mol. The normalized spacial score (nSPS) is 12.0. The third-order valence-corrected chi connectivity index (χ3v) is 5.13. The Labute approximate surface area is 165 Å². The van der Waals surface area contributed by atoms with Crippen LogP contribution in [0, 0.1) is 13.8 Å². The van der Waals surface area contributed by atoms with Crippen LogP contribution >= 0.6 is 11.6 Å². The van der Waals surface area contributed by atoms with Crippen LogP contribution in [0.3, 0.4) is 0 Å². The van der Waals surface area contributed by atoms with E-state index < -0.39 is 0 Å². The third kappa shape index (κ3) is 4.06. The van der Waals surface area contributed by atoms with E-state index in [0.717, 1.165) is 17.7 Å². The SMILES string of the molecule is CC[C@@H](C)NC(=O)c1cc(-c2ccc(C)c(C)c2)nn1-c1ccccc1Cl. The number of para-hydroxylation sites is 1. The van der Waals surface area contributed by atoms with E-state index in [1.165, 1.54) is 11.1 Å². The molecule has 140 valence electrons. The summed E-state index contributed by atoms with van der Waals surface area (Å²) in [5.41, 5.74) is 5.28. The minimum atomic E-state index is -0.160. The zero-order chi connectivity index (χ0) is 19.6. The van der Waals surface area contributed by atoms with Crippen molar-refractivity contribution in [3.05, 3.63) is 70.4 Å². The summed E-state index contributed by atoms with van der Waals surface area (Å²) in [7, 11) is 0. The highest BCUT2D eigenvalue weighted by molar-refractivity contribution is 6.32. The van der Waals surface area contributed by atoms with Crippen molar-refractivity contribution in [2.75, 3.05) is 0 Å². The van der Waals surface area contributed by atoms with E-state index in [-0.39, 0.29) is 11.9 Å². The van der Waals surface area contributed by atoms with Gasteiger partial charge < -0.3 is 5.32 Å². The molecule has 0 saturated heterocycles. The minimum Gasteiger partial charge on any atom is -0.348 e. The molecule has 0 bridgehead atoms. The molecule has 1 N–H and O–H groups in total. The van der Waals surface area contributed by atoms with Crippen LogP contribution < -0.4 is 5.32 Å². The summed E-state index contributed by atoms with van der Waals surface area (Å²) in [4.78, 5) is 12.9. The lowest BCUT2D eigenvalue weighted by Crippen LogP contribution is -2.33. The van der Waals surface area contributed by atoms with Gasteiger partial charge in [-0.05, 0) is 62.6 Å². The number of nitrogens with one attached hydrogen (secondary N) is 1. The van der Waals surface area contributed by atoms with Gasteiger partial charge in [0.05, 0.1) is 16.4 Å². The van der Waals surface area contributed by atoms with E-state index in [1.807, 2.05) is 44.2 Å². The Balaban J connectivity index is 2.12. The zero-order valence-corrected chi connectivity index (χ0v) is 16.8. The van der Waals surface area contributed by atoms with Crippen molar-refractivity contribution >= 4 is 17.5 Å². The maximum atomic E-state index is 12.9. The van der Waals surface area contributed by atoms with E-state index in [0.29, 0.717) is 16.4 Å². The number of aryl methyl sites for hydroxylation is 2. The van der Waals surface area contributed by atoms with Gasteiger partial charge in [0.25, 0.3) is 5.91 Å². The number of carbonyl (C=O) groups is 1. The molecule has 1 aromatic heterocycles. The molecule has 0 aliphatic carbocycles. The Morgan fingerprint density at radius 2 is 1.89 bits per heavy atom. The van der Waals surface area contributed by atoms with Crippen LogP contribution in [0.15, 0.2) is 48.5 Å². The molecule has 0 fully saturated rings. The number of benzene rings is 2. The standard InChI is InChI=1S/C22H24ClN3O/c1-5-16(4)24-22(27)21-13-19(17-11-10-14(2)15(3)12-17)25-26(21)20-9-7-6-8-18(20)23/h6-13,16H,5H2,1-4H3,(H,24,27)/t16-/m1/s1. The number of rotatable bonds is 5. The molecule has 0 aliphatic heterocycles. The van der Waals surface area contributed by atoms with Crippen molar-refractivity contribution in [3.8, 4) is 16.9 Å². The lowest BCUT2D eigenvalue weighted by Gasteiger charge is -2.13. The molecule has 1 amide bonds. The van der Waals surface area contributed by atoms with Crippen LogP contribution in [0.25, 0.3) is 16.9 Å². The number of hydrogen-bond acceptors (Lipinski definition) is 2. The monoisotopic (exact) mass is 381 g/mol. The number of hydrogen-bond donors (Lipinski definition) is 1. The zero-order valence-electron chi connectivity index (χ0n) is 16.1. The van der Waals surface area contributed by atoms with E-state index in [4.69, 9.17) is 16.7 Å². The quantitative estimate of drug-likeness (QED) is 0.648. The molecule has 0 unspecified atom stereocenters. The summed E-state index contributed by atoms with van der Waals surface area (Å²) < 4.78 is 1.63. The second-order valence-electron chi connectivity index (χ2n) is 6.86. The van der Waals surface area contributed by atoms with Crippen molar-refractivity contribution in [3.63, 3.8) is 0 Å². The Hall–Kier alpha value is -2.59. The maximum absolute atomic E-state index is 12.9. The predicted octanol–water partition coefficient (Wildman–Crippen LogP) is 5.34. The number of amides is 1. The fraction of sp³-hybridized carbons (Fsp3) is 0.273. The summed E-state index contributed by atoms with van der Waals surface area (Å²) in [5, 5.41) is 8.27. The van der Waals surface area contributed by atoms with Gasteiger partial charge >= 0.3 is 0 Å². The van der Waals surface area contributed by atoms with Gasteiger partial charge in [-0.15, -0.1) is 0 Å². The van der Waals surface area contributed by atoms with Crippen LogP contribution in [0.1, 0.15) is 41.9 Å². The molecular formula is C22H24ClN3O. The lowest BCUT2D eigenvalue weighted by molar-refractivity contribution is 0.0931. The van der Waals surface area contributed by atoms with E-state index >= 15 is 0 Å². The molecule has 3 aromatic rings. The van der Waals surface area contributed by atoms with Crippen LogP contribution in [0.2, 0.25) is 5.02 Å². The average Bonchev–Trinajstić information content (AvgIpc) is 3.09. The van der Waals surface area contributed by atoms with E-state index in [2.05, 4.69) is 31.3 Å². The molecular weight excluding hydrogens is 358 g/mol. The van der Waals surface area contributed by atoms with Crippen molar-refractivity contribution < 1.29 is 4.79 Å². The molecule has 0 aliphatic rings. The maximum Gasteiger partial charge on any atom is 0.270 e. The van der Waals surface area contributed by atoms with Crippen molar-refractivity contribution in [1.82, 2.24) is 15.1 Å². The summed E-state index contributed by atoms with van der Waals surface area (Å²) in [5.74, 6) is -0.160. The molecule has 0 saturated carbocycles. The Bertz CT molecular complexity index is 977.